The smallest absolute Gasteiger partial charge is 0.0749 e. The highest BCUT2D eigenvalue weighted by Crippen LogP contribution is 2.53. The SMILES string of the molecule is CCO[C@@]12CC[C@@H]([C@@H](C)[C@@H]1CO)[C@@H](NC1CCCCC1)C2. The quantitative estimate of drug-likeness (QED) is 0.819. The number of rotatable bonds is 5. The van der Waals surface area contributed by atoms with E-state index in [1.54, 1.807) is 0 Å². The summed E-state index contributed by atoms with van der Waals surface area (Å²) in [6, 6.07) is 1.33. The highest BCUT2D eigenvalue weighted by atomic mass is 16.5. The summed E-state index contributed by atoms with van der Waals surface area (Å²) in [4.78, 5) is 0. The van der Waals surface area contributed by atoms with Crippen LogP contribution < -0.4 is 5.32 Å². The first kappa shape index (κ1) is 15.8. The van der Waals surface area contributed by atoms with Crippen molar-refractivity contribution in [3.8, 4) is 0 Å². The molecule has 0 spiro atoms. The van der Waals surface area contributed by atoms with Gasteiger partial charge >= 0.3 is 0 Å². The number of ether oxygens (including phenoxy) is 1. The minimum Gasteiger partial charge on any atom is -0.396 e. The number of fused-ring (bicyclic) bond motifs is 3. The van der Waals surface area contributed by atoms with Crippen molar-refractivity contribution in [1.82, 2.24) is 5.32 Å². The van der Waals surface area contributed by atoms with Crippen molar-refractivity contribution in [3.63, 3.8) is 0 Å². The second kappa shape index (κ2) is 6.55. The van der Waals surface area contributed by atoms with Crippen LogP contribution in [0.5, 0.6) is 0 Å². The zero-order valence-electron chi connectivity index (χ0n) is 13.8. The largest absolute Gasteiger partial charge is 0.396 e. The van der Waals surface area contributed by atoms with Crippen LogP contribution >= 0.6 is 0 Å². The van der Waals surface area contributed by atoms with Gasteiger partial charge in [-0.2, -0.15) is 0 Å². The summed E-state index contributed by atoms with van der Waals surface area (Å²) in [6.45, 7) is 5.49. The Bertz CT molecular complexity index is 338. The molecule has 2 N–H and O–H groups in total. The fourth-order valence-electron chi connectivity index (χ4n) is 5.59. The Morgan fingerprint density at radius 1 is 1.19 bits per heavy atom. The first-order valence-electron chi connectivity index (χ1n) is 9.21. The summed E-state index contributed by atoms with van der Waals surface area (Å²) in [5.74, 6) is 1.64. The van der Waals surface area contributed by atoms with Crippen LogP contribution in [0.25, 0.3) is 0 Å². The minimum absolute atomic E-state index is 0.0655. The monoisotopic (exact) mass is 295 g/mol. The van der Waals surface area contributed by atoms with Gasteiger partial charge in [0.2, 0.25) is 0 Å². The number of aliphatic hydroxyl groups excluding tert-OH is 1. The van der Waals surface area contributed by atoms with Crippen LogP contribution in [0.15, 0.2) is 0 Å². The molecule has 3 nitrogen and oxygen atoms in total. The van der Waals surface area contributed by atoms with Crippen molar-refractivity contribution in [3.05, 3.63) is 0 Å². The maximum Gasteiger partial charge on any atom is 0.0749 e. The fourth-order valence-corrected chi connectivity index (χ4v) is 5.59. The molecule has 4 aliphatic carbocycles. The molecule has 0 aromatic carbocycles. The Morgan fingerprint density at radius 3 is 2.62 bits per heavy atom. The van der Waals surface area contributed by atoms with E-state index in [-0.39, 0.29) is 12.2 Å². The van der Waals surface area contributed by atoms with Crippen LogP contribution in [-0.2, 0) is 4.74 Å². The summed E-state index contributed by atoms with van der Waals surface area (Å²) in [7, 11) is 0. The lowest BCUT2D eigenvalue weighted by Crippen LogP contribution is -2.64. The van der Waals surface area contributed by atoms with E-state index in [2.05, 4.69) is 19.2 Å². The van der Waals surface area contributed by atoms with Gasteiger partial charge in [0.1, 0.15) is 0 Å². The molecule has 0 unspecified atom stereocenters. The summed E-state index contributed by atoms with van der Waals surface area (Å²) in [5.41, 5.74) is -0.0655. The molecule has 0 amide bonds. The van der Waals surface area contributed by atoms with E-state index in [1.165, 1.54) is 38.5 Å². The van der Waals surface area contributed by atoms with Crippen molar-refractivity contribution >= 4 is 0 Å². The molecule has 0 aliphatic heterocycles. The third-order valence-electron chi connectivity index (χ3n) is 6.65. The van der Waals surface area contributed by atoms with E-state index in [4.69, 9.17) is 4.74 Å². The molecule has 0 aromatic rings. The van der Waals surface area contributed by atoms with Gasteiger partial charge in [-0.3, -0.25) is 0 Å². The van der Waals surface area contributed by atoms with Gasteiger partial charge < -0.3 is 15.2 Å². The lowest BCUT2D eigenvalue weighted by Gasteiger charge is -2.58. The van der Waals surface area contributed by atoms with Crippen LogP contribution in [0, 0.1) is 17.8 Å². The van der Waals surface area contributed by atoms with Gasteiger partial charge in [0.15, 0.2) is 0 Å². The van der Waals surface area contributed by atoms with Gasteiger partial charge in [0, 0.05) is 31.2 Å². The van der Waals surface area contributed by atoms with E-state index in [1.807, 2.05) is 0 Å². The second-order valence-electron chi connectivity index (χ2n) is 7.66. The zero-order chi connectivity index (χ0) is 14.9. The van der Waals surface area contributed by atoms with Gasteiger partial charge in [0.05, 0.1) is 5.60 Å². The van der Waals surface area contributed by atoms with Crippen molar-refractivity contribution in [2.45, 2.75) is 82.9 Å². The van der Waals surface area contributed by atoms with Crippen LogP contribution in [0.4, 0.5) is 0 Å². The molecule has 3 heteroatoms. The van der Waals surface area contributed by atoms with Crippen molar-refractivity contribution in [2.75, 3.05) is 13.2 Å². The lowest BCUT2D eigenvalue weighted by atomic mass is 9.54. The highest BCUT2D eigenvalue weighted by molar-refractivity contribution is 5.08. The molecule has 2 bridgehead atoms. The molecule has 5 atom stereocenters. The minimum atomic E-state index is -0.0655. The fraction of sp³-hybridized carbons (Fsp3) is 1.00. The number of hydrogen-bond donors (Lipinski definition) is 2. The number of nitrogens with one attached hydrogen (secondary N) is 1. The standard InChI is InChI=1S/C18H33NO2/c1-3-21-18-10-9-15(13(2)16(18)12-20)17(11-18)19-14-7-5-4-6-8-14/h13-17,19-20H,3-12H2,1-2H3/t13-,15+,16+,17+,18-/m1/s1. The Kier molecular flexibility index (Phi) is 4.92. The highest BCUT2D eigenvalue weighted by Gasteiger charge is 2.56. The lowest BCUT2D eigenvalue weighted by molar-refractivity contribution is -0.190. The van der Waals surface area contributed by atoms with E-state index < -0.39 is 0 Å². The molecule has 4 saturated carbocycles. The molecular formula is C18H33NO2. The van der Waals surface area contributed by atoms with Crippen LogP contribution in [0.2, 0.25) is 0 Å². The van der Waals surface area contributed by atoms with E-state index in [0.29, 0.717) is 17.9 Å². The van der Waals surface area contributed by atoms with Crippen molar-refractivity contribution in [2.24, 2.45) is 17.8 Å². The summed E-state index contributed by atoms with van der Waals surface area (Å²) >= 11 is 0. The van der Waals surface area contributed by atoms with Gasteiger partial charge in [-0.05, 0) is 50.9 Å². The average molecular weight is 295 g/mol. The zero-order valence-corrected chi connectivity index (χ0v) is 13.8. The van der Waals surface area contributed by atoms with E-state index >= 15 is 0 Å². The molecule has 0 saturated heterocycles. The third-order valence-corrected chi connectivity index (χ3v) is 6.65. The topological polar surface area (TPSA) is 41.5 Å². The Labute approximate surface area is 129 Å². The molecule has 21 heavy (non-hydrogen) atoms. The molecular weight excluding hydrogens is 262 g/mol. The van der Waals surface area contributed by atoms with Crippen molar-refractivity contribution in [1.29, 1.82) is 0 Å². The maximum atomic E-state index is 9.88. The predicted molar refractivity (Wildman–Crippen MR) is 85.2 cm³/mol. The average Bonchev–Trinajstić information content (AvgIpc) is 2.49. The normalized spacial score (nSPS) is 44.1. The Hall–Kier alpha value is -0.120. The van der Waals surface area contributed by atoms with Crippen LogP contribution in [-0.4, -0.2) is 36.0 Å². The molecule has 122 valence electrons. The second-order valence-corrected chi connectivity index (χ2v) is 7.66. The van der Waals surface area contributed by atoms with Gasteiger partial charge in [0.25, 0.3) is 0 Å². The first-order chi connectivity index (χ1) is 10.2. The maximum absolute atomic E-state index is 9.88. The molecule has 0 aromatic heterocycles. The Morgan fingerprint density at radius 2 is 1.95 bits per heavy atom. The van der Waals surface area contributed by atoms with Crippen LogP contribution in [0.1, 0.15) is 65.2 Å². The molecule has 4 aliphatic rings. The molecule has 0 heterocycles. The van der Waals surface area contributed by atoms with E-state index in [9.17, 15) is 5.11 Å². The summed E-state index contributed by atoms with van der Waals surface area (Å²) < 4.78 is 6.25. The number of hydrogen-bond acceptors (Lipinski definition) is 3. The van der Waals surface area contributed by atoms with E-state index in [0.717, 1.165) is 31.4 Å². The molecule has 4 rings (SSSR count). The van der Waals surface area contributed by atoms with Crippen molar-refractivity contribution < 1.29 is 9.84 Å². The van der Waals surface area contributed by atoms with Gasteiger partial charge in [-0.1, -0.05) is 26.2 Å². The summed E-state index contributed by atoms with van der Waals surface area (Å²) in [6.07, 6.45) is 10.4. The third kappa shape index (κ3) is 2.89. The molecule has 0 radical (unpaired) electrons. The Balaban J connectivity index is 1.72. The predicted octanol–water partition coefficient (Wildman–Crippen LogP) is 3.11. The van der Waals surface area contributed by atoms with Gasteiger partial charge in [-0.25, -0.2) is 0 Å². The summed E-state index contributed by atoms with van der Waals surface area (Å²) in [5, 5.41) is 13.9. The number of aliphatic hydroxyl groups is 1. The van der Waals surface area contributed by atoms with Crippen LogP contribution in [0.3, 0.4) is 0 Å². The molecule has 4 fully saturated rings. The first-order valence-corrected chi connectivity index (χ1v) is 9.21. The van der Waals surface area contributed by atoms with Gasteiger partial charge in [-0.15, -0.1) is 0 Å².